The normalized spacial score (nSPS) is 10.7. The number of carboxylic acid groups (broad SMARTS) is 1. The van der Waals surface area contributed by atoms with E-state index in [1.54, 1.807) is 0 Å². The molecule has 0 aliphatic rings. The molecule has 0 radical (unpaired) electrons. The molecule has 0 rings (SSSR count). The number of hydrogen-bond acceptors (Lipinski definition) is 2. The average Bonchev–Trinajstić information content (AvgIpc) is 2.03. The predicted molar refractivity (Wildman–Crippen MR) is 56.2 cm³/mol. The second kappa shape index (κ2) is 7.15. The van der Waals surface area contributed by atoms with Crippen molar-refractivity contribution in [2.75, 3.05) is 6.54 Å². The summed E-state index contributed by atoms with van der Waals surface area (Å²) < 4.78 is 0. The topological polar surface area (TPSA) is 63.3 Å². The molecule has 0 bridgehead atoms. The van der Waals surface area contributed by atoms with Crippen LogP contribution in [-0.4, -0.2) is 17.6 Å². The molecule has 3 nitrogen and oxygen atoms in total. The molecule has 0 aliphatic carbocycles. The van der Waals surface area contributed by atoms with Crippen LogP contribution in [0, 0.1) is 5.41 Å². The summed E-state index contributed by atoms with van der Waals surface area (Å²) in [5.74, 6) is -0.742. The van der Waals surface area contributed by atoms with Crippen molar-refractivity contribution in [3.63, 3.8) is 0 Å². The van der Waals surface area contributed by atoms with E-state index in [4.69, 9.17) is 10.8 Å². The van der Waals surface area contributed by atoms with E-state index in [1.165, 1.54) is 0 Å². The first-order valence-electron chi connectivity index (χ1n) is 4.56. The number of rotatable bonds is 6. The molecule has 0 unspecified atom stereocenters. The summed E-state index contributed by atoms with van der Waals surface area (Å²) in [5.41, 5.74) is 4.84. The van der Waals surface area contributed by atoms with Crippen LogP contribution in [0.4, 0.5) is 0 Å². The molecular formula is C9H20ClNO2. The Morgan fingerprint density at radius 1 is 1.31 bits per heavy atom. The highest BCUT2D eigenvalue weighted by atomic mass is 35.5. The molecule has 0 aromatic carbocycles. The zero-order valence-electron chi connectivity index (χ0n) is 8.38. The molecule has 0 amide bonds. The van der Waals surface area contributed by atoms with Gasteiger partial charge >= 0.3 is 5.97 Å². The first-order chi connectivity index (χ1) is 5.63. The summed E-state index contributed by atoms with van der Waals surface area (Å²) in [6, 6.07) is 0. The predicted octanol–water partition coefficient (Wildman–Crippen LogP) is 2.04. The molecule has 0 fully saturated rings. The number of carboxylic acids is 1. The van der Waals surface area contributed by atoms with Crippen LogP contribution in [0.5, 0.6) is 0 Å². The molecule has 80 valence electrons. The van der Waals surface area contributed by atoms with Crippen molar-refractivity contribution in [3.05, 3.63) is 0 Å². The Balaban J connectivity index is 0. The second-order valence-corrected chi connectivity index (χ2v) is 3.29. The van der Waals surface area contributed by atoms with Gasteiger partial charge in [-0.25, -0.2) is 0 Å². The third kappa shape index (κ3) is 3.96. The van der Waals surface area contributed by atoms with Gasteiger partial charge in [0.1, 0.15) is 0 Å². The van der Waals surface area contributed by atoms with Gasteiger partial charge in [0.05, 0.1) is 5.41 Å². The van der Waals surface area contributed by atoms with Crippen LogP contribution >= 0.6 is 12.4 Å². The zero-order valence-corrected chi connectivity index (χ0v) is 9.19. The van der Waals surface area contributed by atoms with E-state index in [2.05, 4.69) is 0 Å². The standard InChI is InChI=1S/C9H19NO2.ClH/c1-3-5-9(7-10,6-4-2)8(11)12;/h3-7,10H2,1-2H3,(H,11,12);1H. The molecule has 13 heavy (non-hydrogen) atoms. The van der Waals surface area contributed by atoms with Crippen LogP contribution < -0.4 is 5.73 Å². The SMILES string of the molecule is CCCC(CN)(CCC)C(=O)O.Cl. The Morgan fingerprint density at radius 3 is 1.85 bits per heavy atom. The molecule has 0 atom stereocenters. The maximum Gasteiger partial charge on any atom is 0.310 e. The van der Waals surface area contributed by atoms with Crippen LogP contribution in [0.2, 0.25) is 0 Å². The number of carbonyl (C=O) groups is 1. The lowest BCUT2D eigenvalue weighted by Gasteiger charge is -2.26. The highest BCUT2D eigenvalue weighted by Crippen LogP contribution is 2.28. The van der Waals surface area contributed by atoms with Crippen LogP contribution in [0.1, 0.15) is 39.5 Å². The van der Waals surface area contributed by atoms with Gasteiger partial charge in [-0.3, -0.25) is 4.79 Å². The highest BCUT2D eigenvalue weighted by Gasteiger charge is 2.34. The van der Waals surface area contributed by atoms with Gasteiger partial charge in [0.15, 0.2) is 0 Å². The Labute approximate surface area is 86.1 Å². The van der Waals surface area contributed by atoms with Gasteiger partial charge in [-0.2, -0.15) is 0 Å². The minimum atomic E-state index is -0.742. The van der Waals surface area contributed by atoms with Crippen molar-refractivity contribution in [1.29, 1.82) is 0 Å². The maximum absolute atomic E-state index is 11.0. The number of halogens is 1. The number of aliphatic carboxylic acids is 1. The van der Waals surface area contributed by atoms with Gasteiger partial charge in [-0.15, -0.1) is 12.4 Å². The van der Waals surface area contributed by atoms with Crippen molar-refractivity contribution in [3.8, 4) is 0 Å². The van der Waals surface area contributed by atoms with Crippen molar-refractivity contribution < 1.29 is 9.90 Å². The third-order valence-corrected chi connectivity index (χ3v) is 2.30. The van der Waals surface area contributed by atoms with Crippen LogP contribution in [0.25, 0.3) is 0 Å². The first-order valence-corrected chi connectivity index (χ1v) is 4.56. The largest absolute Gasteiger partial charge is 0.481 e. The van der Waals surface area contributed by atoms with Crippen molar-refractivity contribution in [2.45, 2.75) is 39.5 Å². The van der Waals surface area contributed by atoms with Gasteiger partial charge in [0, 0.05) is 6.54 Å². The minimum Gasteiger partial charge on any atom is -0.481 e. The lowest BCUT2D eigenvalue weighted by Crippen LogP contribution is -2.38. The van der Waals surface area contributed by atoms with Crippen LogP contribution in [0.3, 0.4) is 0 Å². The number of nitrogens with two attached hydrogens (primary N) is 1. The molecule has 4 heteroatoms. The first kappa shape index (κ1) is 15.2. The van der Waals surface area contributed by atoms with E-state index < -0.39 is 11.4 Å². The molecule has 0 saturated carbocycles. The number of hydrogen-bond donors (Lipinski definition) is 2. The summed E-state index contributed by atoms with van der Waals surface area (Å²) in [5, 5.41) is 9.01. The van der Waals surface area contributed by atoms with E-state index in [0.717, 1.165) is 12.8 Å². The quantitative estimate of drug-likeness (QED) is 0.704. The fourth-order valence-corrected chi connectivity index (χ4v) is 1.59. The van der Waals surface area contributed by atoms with Gasteiger partial charge in [-0.05, 0) is 12.8 Å². The minimum absolute atomic E-state index is 0. The van der Waals surface area contributed by atoms with Gasteiger partial charge in [0.2, 0.25) is 0 Å². The van der Waals surface area contributed by atoms with E-state index in [-0.39, 0.29) is 19.0 Å². The summed E-state index contributed by atoms with van der Waals surface area (Å²) in [6.45, 7) is 4.23. The van der Waals surface area contributed by atoms with E-state index >= 15 is 0 Å². The van der Waals surface area contributed by atoms with E-state index in [0.29, 0.717) is 12.8 Å². The zero-order chi connectivity index (χ0) is 9.61. The molecular weight excluding hydrogens is 190 g/mol. The Hall–Kier alpha value is -0.280. The molecule has 0 aliphatic heterocycles. The Kier molecular flexibility index (Phi) is 8.37. The Morgan fingerprint density at radius 2 is 1.69 bits per heavy atom. The highest BCUT2D eigenvalue weighted by molar-refractivity contribution is 5.85. The monoisotopic (exact) mass is 209 g/mol. The third-order valence-electron chi connectivity index (χ3n) is 2.30. The lowest BCUT2D eigenvalue weighted by molar-refractivity contribution is -0.149. The molecule has 0 aromatic rings. The smallest absolute Gasteiger partial charge is 0.310 e. The van der Waals surface area contributed by atoms with E-state index in [9.17, 15) is 4.79 Å². The molecule has 0 spiro atoms. The fourth-order valence-electron chi connectivity index (χ4n) is 1.59. The molecule has 3 N–H and O–H groups in total. The Bertz CT molecular complexity index is 145. The van der Waals surface area contributed by atoms with Crippen molar-refractivity contribution >= 4 is 18.4 Å². The lowest BCUT2D eigenvalue weighted by atomic mass is 9.79. The summed E-state index contributed by atoms with van der Waals surface area (Å²) >= 11 is 0. The second-order valence-electron chi connectivity index (χ2n) is 3.29. The molecule has 0 saturated heterocycles. The molecule has 0 heterocycles. The summed E-state index contributed by atoms with van der Waals surface area (Å²) in [4.78, 5) is 11.0. The van der Waals surface area contributed by atoms with Gasteiger partial charge < -0.3 is 10.8 Å². The fraction of sp³-hybridized carbons (Fsp3) is 0.889. The van der Waals surface area contributed by atoms with Crippen molar-refractivity contribution in [1.82, 2.24) is 0 Å². The average molecular weight is 210 g/mol. The molecule has 0 aromatic heterocycles. The summed E-state index contributed by atoms with van der Waals surface area (Å²) in [7, 11) is 0. The van der Waals surface area contributed by atoms with E-state index in [1.807, 2.05) is 13.8 Å². The summed E-state index contributed by atoms with van der Waals surface area (Å²) in [6.07, 6.45) is 3.13. The van der Waals surface area contributed by atoms with Gasteiger partial charge in [0.25, 0.3) is 0 Å². The van der Waals surface area contributed by atoms with Crippen LogP contribution in [0.15, 0.2) is 0 Å². The van der Waals surface area contributed by atoms with Gasteiger partial charge in [-0.1, -0.05) is 26.7 Å². The maximum atomic E-state index is 11.0. The van der Waals surface area contributed by atoms with Crippen molar-refractivity contribution in [2.24, 2.45) is 11.1 Å². The van der Waals surface area contributed by atoms with Crippen LogP contribution in [-0.2, 0) is 4.79 Å².